The Balaban J connectivity index is 0.00000208. The van der Waals surface area contributed by atoms with Crippen LogP contribution in [-0.2, 0) is 4.79 Å². The van der Waals surface area contributed by atoms with Gasteiger partial charge in [0.1, 0.15) is 0 Å². The largest absolute Gasteiger partial charge is 0.317 e. The average molecular weight is 366 g/mol. The molecule has 1 saturated heterocycles. The van der Waals surface area contributed by atoms with E-state index in [0.717, 1.165) is 37.2 Å². The molecule has 6 heteroatoms. The molecule has 0 bridgehead atoms. The van der Waals surface area contributed by atoms with Crippen molar-refractivity contribution in [2.24, 2.45) is 5.92 Å². The highest BCUT2D eigenvalue weighted by molar-refractivity contribution is 7.14. The zero-order chi connectivity index (χ0) is 16.4. The predicted octanol–water partition coefficient (Wildman–Crippen LogP) is 4.10. The van der Waals surface area contributed by atoms with Gasteiger partial charge in [-0.1, -0.05) is 6.07 Å². The number of piperidine rings is 1. The lowest BCUT2D eigenvalue weighted by Crippen LogP contribution is -2.34. The van der Waals surface area contributed by atoms with Crippen LogP contribution in [0.4, 0.5) is 5.13 Å². The number of hydrogen-bond donors (Lipinski definition) is 2. The van der Waals surface area contributed by atoms with E-state index >= 15 is 0 Å². The minimum atomic E-state index is 0. The smallest absolute Gasteiger partial charge is 0.229 e. The SMILES string of the molecule is Cc1cc(C)c(-c2csc(NC(=O)C3CCNCC3)n2)cc1C.Cl. The van der Waals surface area contributed by atoms with Gasteiger partial charge >= 0.3 is 0 Å². The highest BCUT2D eigenvalue weighted by Crippen LogP contribution is 2.29. The van der Waals surface area contributed by atoms with Gasteiger partial charge in [-0.3, -0.25) is 4.79 Å². The number of nitrogens with zero attached hydrogens (tertiary/aromatic N) is 1. The zero-order valence-corrected chi connectivity index (χ0v) is 15.9. The number of halogens is 1. The van der Waals surface area contributed by atoms with Gasteiger partial charge in [-0.15, -0.1) is 23.7 Å². The van der Waals surface area contributed by atoms with Gasteiger partial charge in [-0.05, 0) is 69.5 Å². The number of carbonyl (C=O) groups is 1. The van der Waals surface area contributed by atoms with E-state index in [1.807, 2.05) is 5.38 Å². The molecule has 1 aromatic heterocycles. The second kappa shape index (κ2) is 8.10. The molecule has 24 heavy (non-hydrogen) atoms. The monoisotopic (exact) mass is 365 g/mol. The third kappa shape index (κ3) is 4.15. The minimum absolute atomic E-state index is 0. The summed E-state index contributed by atoms with van der Waals surface area (Å²) in [6, 6.07) is 4.37. The molecule has 130 valence electrons. The molecule has 0 saturated carbocycles. The number of aryl methyl sites for hydroxylation is 3. The van der Waals surface area contributed by atoms with Gasteiger partial charge in [0.25, 0.3) is 0 Å². The van der Waals surface area contributed by atoms with Gasteiger partial charge in [0.15, 0.2) is 5.13 Å². The number of nitrogens with one attached hydrogen (secondary N) is 2. The number of amides is 1. The van der Waals surface area contributed by atoms with Gasteiger partial charge < -0.3 is 10.6 Å². The van der Waals surface area contributed by atoms with E-state index in [1.165, 1.54) is 28.0 Å². The fourth-order valence-corrected chi connectivity index (χ4v) is 3.70. The minimum Gasteiger partial charge on any atom is -0.317 e. The van der Waals surface area contributed by atoms with E-state index in [9.17, 15) is 4.79 Å². The van der Waals surface area contributed by atoms with Gasteiger partial charge in [0.2, 0.25) is 5.91 Å². The molecule has 1 aromatic carbocycles. The molecule has 4 nitrogen and oxygen atoms in total. The Kier molecular flexibility index (Phi) is 6.38. The van der Waals surface area contributed by atoms with E-state index in [2.05, 4.69) is 48.5 Å². The Hall–Kier alpha value is -1.43. The summed E-state index contributed by atoms with van der Waals surface area (Å²) in [5, 5.41) is 8.99. The molecule has 0 spiro atoms. The molecule has 0 radical (unpaired) electrons. The maximum absolute atomic E-state index is 12.3. The van der Waals surface area contributed by atoms with Crippen LogP contribution < -0.4 is 10.6 Å². The first-order valence-corrected chi connectivity index (χ1v) is 8.98. The van der Waals surface area contributed by atoms with Crippen molar-refractivity contribution in [3.63, 3.8) is 0 Å². The summed E-state index contributed by atoms with van der Waals surface area (Å²) in [6.07, 6.45) is 1.81. The summed E-state index contributed by atoms with van der Waals surface area (Å²) in [5.74, 6) is 0.205. The lowest BCUT2D eigenvalue weighted by molar-refractivity contribution is -0.120. The van der Waals surface area contributed by atoms with E-state index in [4.69, 9.17) is 0 Å². The summed E-state index contributed by atoms with van der Waals surface area (Å²) in [5.41, 5.74) is 5.86. The summed E-state index contributed by atoms with van der Waals surface area (Å²) in [7, 11) is 0. The van der Waals surface area contributed by atoms with Crippen molar-refractivity contribution in [2.75, 3.05) is 18.4 Å². The fraction of sp³-hybridized carbons (Fsp3) is 0.444. The van der Waals surface area contributed by atoms with Crippen molar-refractivity contribution < 1.29 is 4.79 Å². The molecule has 2 aromatic rings. The molecule has 3 rings (SSSR count). The number of aromatic nitrogens is 1. The first kappa shape index (κ1) is 18.9. The third-order valence-electron chi connectivity index (χ3n) is 4.56. The molecule has 1 fully saturated rings. The topological polar surface area (TPSA) is 54.0 Å². The van der Waals surface area contributed by atoms with Crippen LogP contribution in [0.1, 0.15) is 29.5 Å². The number of thiazole rings is 1. The van der Waals surface area contributed by atoms with Crippen LogP contribution in [0.5, 0.6) is 0 Å². The Labute approximate surface area is 153 Å². The van der Waals surface area contributed by atoms with Crippen LogP contribution >= 0.6 is 23.7 Å². The van der Waals surface area contributed by atoms with E-state index in [0.29, 0.717) is 5.13 Å². The average Bonchev–Trinajstić information content (AvgIpc) is 3.00. The highest BCUT2D eigenvalue weighted by atomic mass is 35.5. The van der Waals surface area contributed by atoms with Crippen molar-refractivity contribution >= 4 is 34.8 Å². The number of anilines is 1. The Morgan fingerprint density at radius 2 is 1.83 bits per heavy atom. The van der Waals surface area contributed by atoms with Gasteiger partial charge in [0.05, 0.1) is 5.69 Å². The van der Waals surface area contributed by atoms with Crippen molar-refractivity contribution in [2.45, 2.75) is 33.6 Å². The van der Waals surface area contributed by atoms with Gasteiger partial charge in [0, 0.05) is 16.9 Å². The normalized spacial score (nSPS) is 15.0. The lowest BCUT2D eigenvalue weighted by Gasteiger charge is -2.21. The molecule has 2 heterocycles. The lowest BCUT2D eigenvalue weighted by atomic mass is 9.97. The quantitative estimate of drug-likeness (QED) is 0.861. The number of rotatable bonds is 3. The number of carbonyl (C=O) groups excluding carboxylic acids is 1. The molecule has 1 aliphatic heterocycles. The van der Waals surface area contributed by atoms with Crippen LogP contribution in [0.2, 0.25) is 0 Å². The number of hydrogen-bond acceptors (Lipinski definition) is 4. The maximum Gasteiger partial charge on any atom is 0.229 e. The summed E-state index contributed by atoms with van der Waals surface area (Å²) >= 11 is 1.50. The molecule has 1 amide bonds. The van der Waals surface area contributed by atoms with Crippen molar-refractivity contribution in [1.29, 1.82) is 0 Å². The number of benzene rings is 1. The molecule has 0 unspecified atom stereocenters. The van der Waals surface area contributed by atoms with E-state index in [1.54, 1.807) is 0 Å². The summed E-state index contributed by atoms with van der Waals surface area (Å²) in [4.78, 5) is 16.9. The summed E-state index contributed by atoms with van der Waals surface area (Å²) in [6.45, 7) is 8.18. The van der Waals surface area contributed by atoms with Gasteiger partial charge in [-0.25, -0.2) is 4.98 Å². The third-order valence-corrected chi connectivity index (χ3v) is 5.32. The first-order valence-electron chi connectivity index (χ1n) is 8.10. The van der Waals surface area contributed by atoms with E-state index in [-0.39, 0.29) is 24.2 Å². The predicted molar refractivity (Wildman–Crippen MR) is 103 cm³/mol. The Morgan fingerprint density at radius 1 is 1.17 bits per heavy atom. The van der Waals surface area contributed by atoms with Crippen LogP contribution in [0, 0.1) is 26.7 Å². The second-order valence-electron chi connectivity index (χ2n) is 6.30. The molecule has 1 aliphatic rings. The summed E-state index contributed by atoms with van der Waals surface area (Å²) < 4.78 is 0. The van der Waals surface area contributed by atoms with E-state index < -0.39 is 0 Å². The molecular weight excluding hydrogens is 342 g/mol. The Morgan fingerprint density at radius 3 is 2.54 bits per heavy atom. The van der Waals surface area contributed by atoms with Crippen LogP contribution in [0.15, 0.2) is 17.5 Å². The molecular formula is C18H24ClN3OS. The Bertz CT molecular complexity index is 723. The molecule has 2 N–H and O–H groups in total. The zero-order valence-electron chi connectivity index (χ0n) is 14.3. The van der Waals surface area contributed by atoms with Crippen molar-refractivity contribution in [3.05, 3.63) is 34.2 Å². The fourth-order valence-electron chi connectivity index (χ4n) is 2.98. The van der Waals surface area contributed by atoms with Gasteiger partial charge in [-0.2, -0.15) is 0 Å². The molecule has 0 atom stereocenters. The maximum atomic E-state index is 12.3. The second-order valence-corrected chi connectivity index (χ2v) is 7.16. The van der Waals surface area contributed by atoms with Crippen molar-refractivity contribution in [1.82, 2.24) is 10.3 Å². The van der Waals surface area contributed by atoms with Crippen molar-refractivity contribution in [3.8, 4) is 11.3 Å². The standard InChI is InChI=1S/C18H23N3OS.ClH/c1-11-8-13(3)15(9-12(11)2)16-10-23-18(20-16)21-17(22)14-4-6-19-7-5-14;/h8-10,14,19H,4-7H2,1-3H3,(H,20,21,22);1H. The first-order chi connectivity index (χ1) is 11.0. The van der Waals surface area contributed by atoms with Crippen LogP contribution in [0.25, 0.3) is 11.3 Å². The van der Waals surface area contributed by atoms with Crippen LogP contribution in [-0.4, -0.2) is 24.0 Å². The molecule has 0 aliphatic carbocycles. The highest BCUT2D eigenvalue weighted by Gasteiger charge is 2.21. The van der Waals surface area contributed by atoms with Crippen LogP contribution in [0.3, 0.4) is 0 Å².